The second-order valence-corrected chi connectivity index (χ2v) is 7.23. The molecule has 0 spiro atoms. The second-order valence-electron chi connectivity index (χ2n) is 7.23. The van der Waals surface area contributed by atoms with Crippen LogP contribution in [0.15, 0.2) is 42.5 Å². The predicted molar refractivity (Wildman–Crippen MR) is 108 cm³/mol. The molecule has 0 bridgehead atoms. The van der Waals surface area contributed by atoms with Gasteiger partial charge >= 0.3 is 6.18 Å². The van der Waals surface area contributed by atoms with Gasteiger partial charge in [0, 0.05) is 25.3 Å². The lowest BCUT2D eigenvalue weighted by Crippen LogP contribution is -2.56. The number of nitriles is 1. The highest BCUT2D eigenvalue weighted by Gasteiger charge is 2.36. The van der Waals surface area contributed by atoms with Gasteiger partial charge in [-0.25, -0.2) is 0 Å². The number of hydrogen-bond donors (Lipinski definition) is 1. The minimum absolute atomic E-state index is 0.126. The van der Waals surface area contributed by atoms with Gasteiger partial charge in [0.05, 0.1) is 43.4 Å². The number of carbonyl (C=O) groups is 1. The van der Waals surface area contributed by atoms with Crippen molar-refractivity contribution in [3.05, 3.63) is 59.2 Å². The van der Waals surface area contributed by atoms with Gasteiger partial charge in [-0.2, -0.15) is 18.4 Å². The maximum absolute atomic E-state index is 13.3. The normalized spacial score (nSPS) is 16.7. The van der Waals surface area contributed by atoms with Gasteiger partial charge in [0.1, 0.15) is 5.75 Å². The lowest BCUT2D eigenvalue weighted by Gasteiger charge is -2.42. The Labute approximate surface area is 178 Å². The molecule has 31 heavy (non-hydrogen) atoms. The molecule has 0 aliphatic carbocycles. The Balaban J connectivity index is 1.73. The van der Waals surface area contributed by atoms with Gasteiger partial charge < -0.3 is 19.6 Å². The molecule has 1 N–H and O–H groups in total. The number of anilines is 1. The molecule has 2 aromatic carbocycles. The molecule has 1 aliphatic heterocycles. The van der Waals surface area contributed by atoms with E-state index in [2.05, 4.69) is 0 Å². The molecule has 1 heterocycles. The summed E-state index contributed by atoms with van der Waals surface area (Å²) in [5.74, 6) is 0.560. The van der Waals surface area contributed by atoms with Crippen LogP contribution < -0.4 is 9.64 Å². The van der Waals surface area contributed by atoms with Crippen molar-refractivity contribution in [3.63, 3.8) is 0 Å². The van der Waals surface area contributed by atoms with Crippen LogP contribution in [0, 0.1) is 11.3 Å². The highest BCUT2D eigenvalue weighted by Crippen LogP contribution is 2.35. The van der Waals surface area contributed by atoms with Crippen LogP contribution in [0.4, 0.5) is 18.9 Å². The van der Waals surface area contributed by atoms with Gasteiger partial charge in [0.25, 0.3) is 0 Å². The van der Waals surface area contributed by atoms with Crippen LogP contribution in [0.1, 0.15) is 16.7 Å². The topological polar surface area (TPSA) is 76.8 Å². The van der Waals surface area contributed by atoms with Gasteiger partial charge in [-0.05, 0) is 35.9 Å². The van der Waals surface area contributed by atoms with E-state index in [-0.39, 0.29) is 37.7 Å². The highest BCUT2D eigenvalue weighted by molar-refractivity contribution is 5.79. The quantitative estimate of drug-likeness (QED) is 0.785. The van der Waals surface area contributed by atoms with E-state index in [1.165, 1.54) is 6.07 Å². The molecule has 1 saturated heterocycles. The number of aliphatic hydroxyl groups is 1. The molecular weight excluding hydrogens is 411 g/mol. The molecule has 1 atom stereocenters. The number of ether oxygens (including phenoxy) is 1. The van der Waals surface area contributed by atoms with Gasteiger partial charge in [-0.3, -0.25) is 4.79 Å². The van der Waals surface area contributed by atoms with E-state index in [4.69, 9.17) is 10.00 Å². The Morgan fingerprint density at radius 2 is 1.94 bits per heavy atom. The first-order valence-electron chi connectivity index (χ1n) is 9.66. The number of aliphatic hydroxyl groups excluding tert-OH is 1. The van der Waals surface area contributed by atoms with Crippen molar-refractivity contribution >= 4 is 11.6 Å². The summed E-state index contributed by atoms with van der Waals surface area (Å²) in [7, 11) is 1.56. The molecule has 164 valence electrons. The number of amides is 1. The van der Waals surface area contributed by atoms with Gasteiger partial charge in [-0.15, -0.1) is 0 Å². The number of rotatable bonds is 5. The Kier molecular flexibility index (Phi) is 6.71. The number of hydrogen-bond acceptors (Lipinski definition) is 5. The molecule has 3 rings (SSSR count). The van der Waals surface area contributed by atoms with Crippen LogP contribution in [-0.4, -0.2) is 55.3 Å². The molecule has 1 amide bonds. The monoisotopic (exact) mass is 433 g/mol. The van der Waals surface area contributed by atoms with E-state index in [9.17, 15) is 23.1 Å². The fraction of sp³-hybridized carbons (Fsp3) is 0.364. The van der Waals surface area contributed by atoms with E-state index in [0.717, 1.165) is 17.7 Å². The van der Waals surface area contributed by atoms with Crippen molar-refractivity contribution in [3.8, 4) is 11.8 Å². The molecule has 2 aromatic rings. The van der Waals surface area contributed by atoms with E-state index < -0.39 is 23.3 Å². The summed E-state index contributed by atoms with van der Waals surface area (Å²) in [6, 6.07) is 11.6. The summed E-state index contributed by atoms with van der Waals surface area (Å²) < 4.78 is 45.0. The van der Waals surface area contributed by atoms with Crippen LogP contribution in [-0.2, 0) is 17.4 Å². The van der Waals surface area contributed by atoms with Crippen molar-refractivity contribution in [1.29, 1.82) is 5.26 Å². The number of carbonyl (C=O) groups excluding carboxylic acids is 1. The molecule has 0 aromatic heterocycles. The largest absolute Gasteiger partial charge is 0.497 e. The third-order valence-corrected chi connectivity index (χ3v) is 5.32. The highest BCUT2D eigenvalue weighted by atomic mass is 19.4. The third-order valence-electron chi connectivity index (χ3n) is 5.32. The van der Waals surface area contributed by atoms with Gasteiger partial charge in [0.15, 0.2) is 0 Å². The van der Waals surface area contributed by atoms with E-state index in [0.29, 0.717) is 12.3 Å². The zero-order valence-electron chi connectivity index (χ0n) is 16.9. The van der Waals surface area contributed by atoms with Crippen molar-refractivity contribution in [2.75, 3.05) is 38.3 Å². The number of halogens is 3. The second kappa shape index (κ2) is 9.27. The van der Waals surface area contributed by atoms with E-state index in [1.54, 1.807) is 47.2 Å². The summed E-state index contributed by atoms with van der Waals surface area (Å²) in [6.07, 6.45) is -4.48. The first kappa shape index (κ1) is 22.4. The molecule has 0 saturated carbocycles. The summed E-state index contributed by atoms with van der Waals surface area (Å²) in [6.45, 7) is 0.441. The van der Waals surface area contributed by atoms with Gasteiger partial charge in [-0.1, -0.05) is 12.1 Å². The average Bonchev–Trinajstić information content (AvgIpc) is 2.78. The predicted octanol–water partition coefficient (Wildman–Crippen LogP) is 2.84. The first-order chi connectivity index (χ1) is 14.8. The van der Waals surface area contributed by atoms with Crippen LogP contribution in [0.2, 0.25) is 0 Å². The zero-order chi connectivity index (χ0) is 22.6. The minimum Gasteiger partial charge on any atom is -0.497 e. The lowest BCUT2D eigenvalue weighted by molar-refractivity contribution is -0.137. The summed E-state index contributed by atoms with van der Waals surface area (Å²) >= 11 is 0. The minimum atomic E-state index is -4.66. The standard InChI is InChI=1S/C22H22F3N3O3/c1-31-19-6-2-15(3-7-19)10-21(30)27-8-9-28(18(13-27)14-29)17-5-4-16(12-26)20(11-17)22(23,24)25/h2-7,11,18,29H,8-10,13-14H2,1H3. The summed E-state index contributed by atoms with van der Waals surface area (Å²) in [4.78, 5) is 16.0. The number of methoxy groups -OCH3 is 1. The maximum Gasteiger partial charge on any atom is 0.417 e. The smallest absolute Gasteiger partial charge is 0.417 e. The van der Waals surface area contributed by atoms with E-state index >= 15 is 0 Å². The number of alkyl halides is 3. The van der Waals surface area contributed by atoms with Crippen LogP contribution in [0.25, 0.3) is 0 Å². The molecule has 9 heteroatoms. The van der Waals surface area contributed by atoms with E-state index in [1.807, 2.05) is 0 Å². The number of benzene rings is 2. The van der Waals surface area contributed by atoms with Crippen LogP contribution in [0.3, 0.4) is 0 Å². The average molecular weight is 433 g/mol. The SMILES string of the molecule is COc1ccc(CC(=O)N2CCN(c3ccc(C#N)c(C(F)(F)F)c3)C(CO)C2)cc1. The Morgan fingerprint density at radius 1 is 1.23 bits per heavy atom. The Morgan fingerprint density at radius 3 is 2.52 bits per heavy atom. The zero-order valence-corrected chi connectivity index (χ0v) is 16.9. The fourth-order valence-electron chi connectivity index (χ4n) is 3.65. The molecule has 1 aliphatic rings. The van der Waals surface area contributed by atoms with Crippen LogP contribution in [0.5, 0.6) is 5.75 Å². The first-order valence-corrected chi connectivity index (χ1v) is 9.66. The molecule has 1 unspecified atom stereocenters. The molecule has 6 nitrogen and oxygen atoms in total. The number of nitrogens with zero attached hydrogens (tertiary/aromatic N) is 3. The molecule has 0 radical (unpaired) electrons. The Hall–Kier alpha value is -3.25. The lowest BCUT2D eigenvalue weighted by atomic mass is 10.0. The summed E-state index contributed by atoms with van der Waals surface area (Å²) in [5.41, 5.74) is -0.393. The molecular formula is C22H22F3N3O3. The van der Waals surface area contributed by atoms with Gasteiger partial charge in [0.2, 0.25) is 5.91 Å². The third kappa shape index (κ3) is 5.09. The van der Waals surface area contributed by atoms with Crippen molar-refractivity contribution in [1.82, 2.24) is 4.90 Å². The summed E-state index contributed by atoms with van der Waals surface area (Å²) in [5, 5.41) is 18.8. The van der Waals surface area contributed by atoms with Crippen molar-refractivity contribution < 1.29 is 27.8 Å². The Bertz CT molecular complexity index is 971. The molecule has 1 fully saturated rings. The maximum atomic E-state index is 13.3. The van der Waals surface area contributed by atoms with Crippen LogP contribution >= 0.6 is 0 Å². The van der Waals surface area contributed by atoms with Crippen molar-refractivity contribution in [2.24, 2.45) is 0 Å². The fourth-order valence-corrected chi connectivity index (χ4v) is 3.65. The van der Waals surface area contributed by atoms with Crippen molar-refractivity contribution in [2.45, 2.75) is 18.6 Å². The number of piperazine rings is 1.